The van der Waals surface area contributed by atoms with Crippen LogP contribution in [0, 0.1) is 22.6 Å². The molecule has 5 heteroatoms. The van der Waals surface area contributed by atoms with Crippen LogP contribution >= 0.6 is 11.6 Å². The summed E-state index contributed by atoms with van der Waals surface area (Å²) in [5.74, 6) is -0.457. The minimum atomic E-state index is -0.587. The fraction of sp³-hybridized carbons (Fsp3) is 0.417. The van der Waals surface area contributed by atoms with Crippen molar-refractivity contribution in [2.24, 2.45) is 5.41 Å². The van der Waals surface area contributed by atoms with Gasteiger partial charge in [-0.2, -0.15) is 5.26 Å². The molecule has 3 nitrogen and oxygen atoms in total. The zero-order valence-corrected chi connectivity index (χ0v) is 10.1. The Kier molecular flexibility index (Phi) is 3.34. The van der Waals surface area contributed by atoms with Crippen molar-refractivity contribution in [2.75, 3.05) is 20.3 Å². The van der Waals surface area contributed by atoms with Gasteiger partial charge in [-0.05, 0) is 24.7 Å². The Hall–Kier alpha value is -1.15. The number of nitrogens with zero attached hydrogens (tertiary/aromatic N) is 1. The van der Waals surface area contributed by atoms with Crippen LogP contribution in [0.3, 0.4) is 0 Å². The molecule has 2 rings (SSSR count). The maximum absolute atomic E-state index is 13.1. The first-order valence-corrected chi connectivity index (χ1v) is 5.62. The number of benzene rings is 1. The summed E-state index contributed by atoms with van der Waals surface area (Å²) < 4.78 is 18.2. The molecule has 1 aromatic rings. The molecule has 0 saturated carbocycles. The van der Waals surface area contributed by atoms with E-state index in [1.54, 1.807) is 19.2 Å². The summed E-state index contributed by atoms with van der Waals surface area (Å²) in [6.45, 7) is 0.758. The number of hydrogen-bond donors (Lipinski definition) is 1. The van der Waals surface area contributed by atoms with Crippen LogP contribution in [0.1, 0.15) is 11.6 Å². The smallest absolute Gasteiger partial charge is 0.141 e. The van der Waals surface area contributed by atoms with Crippen LogP contribution < -0.4 is 5.32 Å². The molecule has 0 bridgehead atoms. The summed E-state index contributed by atoms with van der Waals surface area (Å²) in [4.78, 5) is 0. The van der Waals surface area contributed by atoms with E-state index in [9.17, 15) is 9.65 Å². The zero-order chi connectivity index (χ0) is 12.5. The third kappa shape index (κ3) is 2.02. The summed E-state index contributed by atoms with van der Waals surface area (Å²) in [5.41, 5.74) is 0.208. The highest BCUT2D eigenvalue weighted by atomic mass is 35.5. The summed E-state index contributed by atoms with van der Waals surface area (Å²) >= 11 is 5.75. The highest BCUT2D eigenvalue weighted by Gasteiger charge is 2.46. The van der Waals surface area contributed by atoms with E-state index in [-0.39, 0.29) is 11.1 Å². The Balaban J connectivity index is 2.36. The third-order valence-corrected chi connectivity index (χ3v) is 3.35. The molecule has 1 aromatic carbocycles. The first-order valence-electron chi connectivity index (χ1n) is 5.24. The molecule has 0 aliphatic carbocycles. The van der Waals surface area contributed by atoms with Gasteiger partial charge in [0.1, 0.15) is 11.2 Å². The van der Waals surface area contributed by atoms with E-state index in [4.69, 9.17) is 16.3 Å². The van der Waals surface area contributed by atoms with Crippen molar-refractivity contribution in [3.63, 3.8) is 0 Å². The van der Waals surface area contributed by atoms with Crippen molar-refractivity contribution in [2.45, 2.75) is 6.04 Å². The molecule has 0 amide bonds. The van der Waals surface area contributed by atoms with Crippen LogP contribution in [0.15, 0.2) is 18.2 Å². The molecule has 1 atom stereocenters. The van der Waals surface area contributed by atoms with Crippen molar-refractivity contribution in [3.05, 3.63) is 34.6 Å². The van der Waals surface area contributed by atoms with E-state index in [0.29, 0.717) is 13.2 Å². The highest BCUT2D eigenvalue weighted by molar-refractivity contribution is 6.30. The molecule has 90 valence electrons. The summed E-state index contributed by atoms with van der Waals surface area (Å²) in [6, 6.07) is 6.57. The van der Waals surface area contributed by atoms with Crippen molar-refractivity contribution >= 4 is 11.6 Å². The second-order valence-electron chi connectivity index (χ2n) is 4.16. The second kappa shape index (κ2) is 4.61. The number of ether oxygens (including phenoxy) is 1. The van der Waals surface area contributed by atoms with Crippen LogP contribution in [0.25, 0.3) is 0 Å². The summed E-state index contributed by atoms with van der Waals surface area (Å²) in [6.07, 6.45) is 0. The van der Waals surface area contributed by atoms with E-state index < -0.39 is 11.2 Å². The first kappa shape index (κ1) is 12.3. The molecule has 0 spiro atoms. The van der Waals surface area contributed by atoms with Gasteiger partial charge in [0.05, 0.1) is 30.3 Å². The van der Waals surface area contributed by atoms with E-state index in [2.05, 4.69) is 11.4 Å². The molecule has 1 N–H and O–H groups in total. The predicted octanol–water partition coefficient (Wildman–Crippen LogP) is 2.28. The molecule has 0 radical (unpaired) electrons. The van der Waals surface area contributed by atoms with Gasteiger partial charge < -0.3 is 10.1 Å². The number of nitriles is 1. The highest BCUT2D eigenvalue weighted by Crippen LogP contribution is 2.40. The van der Waals surface area contributed by atoms with Crippen LogP contribution in [-0.4, -0.2) is 20.3 Å². The van der Waals surface area contributed by atoms with Crippen LogP contribution in [-0.2, 0) is 4.74 Å². The summed E-state index contributed by atoms with van der Waals surface area (Å²) in [5, 5.41) is 12.4. The molecule has 1 unspecified atom stereocenters. The Morgan fingerprint density at radius 3 is 2.71 bits per heavy atom. The van der Waals surface area contributed by atoms with Gasteiger partial charge in [0.2, 0.25) is 0 Å². The second-order valence-corrected chi connectivity index (χ2v) is 4.56. The number of halogens is 2. The molecule has 0 aromatic heterocycles. The van der Waals surface area contributed by atoms with Crippen molar-refractivity contribution in [1.29, 1.82) is 5.26 Å². The summed E-state index contributed by atoms with van der Waals surface area (Å²) in [7, 11) is 1.76. The molecule has 17 heavy (non-hydrogen) atoms. The fourth-order valence-corrected chi connectivity index (χ4v) is 2.26. The van der Waals surface area contributed by atoms with Crippen LogP contribution in [0.4, 0.5) is 4.39 Å². The van der Waals surface area contributed by atoms with Gasteiger partial charge in [0.25, 0.3) is 0 Å². The average molecular weight is 255 g/mol. The zero-order valence-electron chi connectivity index (χ0n) is 9.34. The number of nitrogens with one attached hydrogen (secondary N) is 1. The van der Waals surface area contributed by atoms with Gasteiger partial charge in [-0.15, -0.1) is 0 Å². The lowest BCUT2D eigenvalue weighted by Gasteiger charge is -2.41. The van der Waals surface area contributed by atoms with Crippen LogP contribution in [0.5, 0.6) is 0 Å². The quantitative estimate of drug-likeness (QED) is 0.900. The number of rotatable bonds is 3. The molecule has 1 heterocycles. The third-order valence-electron chi connectivity index (χ3n) is 3.06. The minimum Gasteiger partial charge on any atom is -0.378 e. The standard InChI is InChI=1S/C12H12ClFN2O/c1-16-11(12(5-15)6-17-7-12)8-2-3-10(14)9(13)4-8/h2-4,11,16H,6-7H2,1H3. The van der Waals surface area contributed by atoms with Crippen molar-refractivity contribution in [1.82, 2.24) is 5.32 Å². The Labute approximate surface area is 104 Å². The van der Waals surface area contributed by atoms with Gasteiger partial charge in [0.15, 0.2) is 0 Å². The Bertz CT molecular complexity index is 468. The average Bonchev–Trinajstić information content (AvgIpc) is 2.27. The topological polar surface area (TPSA) is 45.0 Å². The Morgan fingerprint density at radius 2 is 2.29 bits per heavy atom. The first-order chi connectivity index (χ1) is 8.13. The monoisotopic (exact) mass is 254 g/mol. The lowest BCUT2D eigenvalue weighted by Crippen LogP contribution is -2.50. The molecule has 1 saturated heterocycles. The van der Waals surface area contributed by atoms with Gasteiger partial charge in [-0.1, -0.05) is 17.7 Å². The molecule has 1 fully saturated rings. The SMILES string of the molecule is CNC(c1ccc(F)c(Cl)c1)C1(C#N)COC1. The Morgan fingerprint density at radius 1 is 1.59 bits per heavy atom. The molecule has 1 aliphatic rings. The molecular weight excluding hydrogens is 243 g/mol. The predicted molar refractivity (Wildman–Crippen MR) is 62.1 cm³/mol. The normalized spacial score (nSPS) is 19.2. The lowest BCUT2D eigenvalue weighted by molar-refractivity contribution is -0.0963. The van der Waals surface area contributed by atoms with Crippen LogP contribution in [0.2, 0.25) is 5.02 Å². The fourth-order valence-electron chi connectivity index (χ4n) is 2.07. The van der Waals surface area contributed by atoms with E-state index in [0.717, 1.165) is 5.56 Å². The van der Waals surface area contributed by atoms with Gasteiger partial charge in [0, 0.05) is 0 Å². The van der Waals surface area contributed by atoms with E-state index >= 15 is 0 Å². The van der Waals surface area contributed by atoms with Gasteiger partial charge >= 0.3 is 0 Å². The number of hydrogen-bond acceptors (Lipinski definition) is 3. The van der Waals surface area contributed by atoms with E-state index in [1.807, 2.05) is 0 Å². The van der Waals surface area contributed by atoms with Gasteiger partial charge in [-0.25, -0.2) is 4.39 Å². The van der Waals surface area contributed by atoms with Crippen molar-refractivity contribution < 1.29 is 9.13 Å². The van der Waals surface area contributed by atoms with Crippen molar-refractivity contribution in [3.8, 4) is 6.07 Å². The maximum Gasteiger partial charge on any atom is 0.141 e. The lowest BCUT2D eigenvalue weighted by atomic mass is 9.76. The van der Waals surface area contributed by atoms with E-state index in [1.165, 1.54) is 6.07 Å². The van der Waals surface area contributed by atoms with Gasteiger partial charge in [-0.3, -0.25) is 0 Å². The largest absolute Gasteiger partial charge is 0.378 e. The molecule has 1 aliphatic heterocycles. The maximum atomic E-state index is 13.1. The minimum absolute atomic E-state index is 0.0658. The molecular formula is C12H12ClFN2O.